The lowest BCUT2D eigenvalue weighted by molar-refractivity contribution is 0.0519. The molecule has 26 heavy (non-hydrogen) atoms. The van der Waals surface area contributed by atoms with Crippen LogP contribution in [-0.4, -0.2) is 24.8 Å². The molecule has 3 rings (SSSR count). The standard InChI is InChI=1S/C22H28N2O2/c1-22(2,3)26-21(25)23-14-18-13-19-11-7-8-12-20(19)24(16-18)15-17-9-5-4-6-10-17/h4-12,18H,13-16H2,1-3H3,(H,23,25)/t18-/m1/s1. The maximum absolute atomic E-state index is 12.0. The van der Waals surface area contributed by atoms with Gasteiger partial charge in [0.05, 0.1) is 0 Å². The molecular formula is C22H28N2O2. The number of carbonyl (C=O) groups is 1. The van der Waals surface area contributed by atoms with E-state index in [4.69, 9.17) is 4.74 Å². The molecule has 4 nitrogen and oxygen atoms in total. The molecule has 0 spiro atoms. The molecule has 1 heterocycles. The van der Waals surface area contributed by atoms with Crippen LogP contribution in [0.1, 0.15) is 31.9 Å². The molecule has 1 atom stereocenters. The van der Waals surface area contributed by atoms with Gasteiger partial charge in [-0.05, 0) is 50.3 Å². The molecule has 4 heteroatoms. The highest BCUT2D eigenvalue weighted by Gasteiger charge is 2.25. The van der Waals surface area contributed by atoms with Crippen LogP contribution in [0.4, 0.5) is 10.5 Å². The Kier molecular flexibility index (Phi) is 5.50. The summed E-state index contributed by atoms with van der Waals surface area (Å²) in [4.78, 5) is 14.4. The summed E-state index contributed by atoms with van der Waals surface area (Å²) in [6.07, 6.45) is 0.628. The number of rotatable bonds is 4. The number of anilines is 1. The van der Waals surface area contributed by atoms with Gasteiger partial charge in [-0.3, -0.25) is 0 Å². The predicted molar refractivity (Wildman–Crippen MR) is 105 cm³/mol. The van der Waals surface area contributed by atoms with Crippen molar-refractivity contribution in [1.29, 1.82) is 0 Å². The molecule has 0 aliphatic carbocycles. The van der Waals surface area contributed by atoms with E-state index in [2.05, 4.69) is 58.7 Å². The minimum atomic E-state index is -0.470. The number of amides is 1. The van der Waals surface area contributed by atoms with Gasteiger partial charge in [0.25, 0.3) is 0 Å². The summed E-state index contributed by atoms with van der Waals surface area (Å²) in [6, 6.07) is 19.1. The highest BCUT2D eigenvalue weighted by atomic mass is 16.6. The number of para-hydroxylation sites is 1. The van der Waals surface area contributed by atoms with Crippen LogP contribution in [0.2, 0.25) is 0 Å². The monoisotopic (exact) mass is 352 g/mol. The van der Waals surface area contributed by atoms with E-state index in [0.717, 1.165) is 19.5 Å². The number of benzene rings is 2. The van der Waals surface area contributed by atoms with Crippen molar-refractivity contribution in [2.45, 2.75) is 39.3 Å². The van der Waals surface area contributed by atoms with Crippen molar-refractivity contribution in [3.8, 4) is 0 Å². The van der Waals surface area contributed by atoms with Crippen LogP contribution < -0.4 is 10.2 Å². The highest BCUT2D eigenvalue weighted by Crippen LogP contribution is 2.30. The van der Waals surface area contributed by atoms with Crippen molar-refractivity contribution in [2.75, 3.05) is 18.0 Å². The maximum atomic E-state index is 12.0. The average Bonchev–Trinajstić information content (AvgIpc) is 2.59. The largest absolute Gasteiger partial charge is 0.444 e. The van der Waals surface area contributed by atoms with Crippen molar-refractivity contribution in [3.63, 3.8) is 0 Å². The lowest BCUT2D eigenvalue weighted by Crippen LogP contribution is -2.42. The van der Waals surface area contributed by atoms with Crippen molar-refractivity contribution >= 4 is 11.8 Å². The maximum Gasteiger partial charge on any atom is 0.407 e. The summed E-state index contributed by atoms with van der Waals surface area (Å²) in [6.45, 7) is 8.05. The van der Waals surface area contributed by atoms with Crippen LogP contribution in [0, 0.1) is 5.92 Å². The van der Waals surface area contributed by atoms with E-state index in [0.29, 0.717) is 12.5 Å². The fraction of sp³-hybridized carbons (Fsp3) is 0.409. The van der Waals surface area contributed by atoms with Gasteiger partial charge in [-0.25, -0.2) is 4.79 Å². The van der Waals surface area contributed by atoms with E-state index in [-0.39, 0.29) is 6.09 Å². The minimum Gasteiger partial charge on any atom is -0.444 e. The number of fused-ring (bicyclic) bond motifs is 1. The van der Waals surface area contributed by atoms with Gasteiger partial charge in [-0.15, -0.1) is 0 Å². The molecule has 0 unspecified atom stereocenters. The van der Waals surface area contributed by atoms with E-state index in [9.17, 15) is 4.79 Å². The van der Waals surface area contributed by atoms with E-state index in [1.165, 1.54) is 16.8 Å². The van der Waals surface area contributed by atoms with E-state index >= 15 is 0 Å². The third-order valence-corrected chi connectivity index (χ3v) is 4.47. The Morgan fingerprint density at radius 3 is 2.54 bits per heavy atom. The van der Waals surface area contributed by atoms with Gasteiger partial charge in [0, 0.05) is 25.3 Å². The molecule has 138 valence electrons. The topological polar surface area (TPSA) is 41.6 Å². The van der Waals surface area contributed by atoms with Gasteiger partial charge in [0.1, 0.15) is 5.60 Å². The number of nitrogens with one attached hydrogen (secondary N) is 1. The third-order valence-electron chi connectivity index (χ3n) is 4.47. The summed E-state index contributed by atoms with van der Waals surface area (Å²) in [5.74, 6) is 0.362. The molecule has 0 saturated heterocycles. The zero-order valence-corrected chi connectivity index (χ0v) is 15.9. The van der Waals surface area contributed by atoms with Crippen molar-refractivity contribution in [1.82, 2.24) is 5.32 Å². The van der Waals surface area contributed by atoms with Gasteiger partial charge in [-0.1, -0.05) is 48.5 Å². The van der Waals surface area contributed by atoms with E-state index < -0.39 is 5.60 Å². The molecule has 0 bridgehead atoms. The Bertz CT molecular complexity index is 737. The number of carbonyl (C=O) groups excluding carboxylic acids is 1. The normalized spacial score (nSPS) is 16.7. The number of nitrogens with zero attached hydrogens (tertiary/aromatic N) is 1. The first kappa shape index (κ1) is 18.3. The Hall–Kier alpha value is -2.49. The second-order valence-corrected chi connectivity index (χ2v) is 7.95. The molecule has 2 aromatic rings. The van der Waals surface area contributed by atoms with Gasteiger partial charge in [-0.2, -0.15) is 0 Å². The second-order valence-electron chi connectivity index (χ2n) is 7.95. The van der Waals surface area contributed by atoms with Crippen LogP contribution in [0.15, 0.2) is 54.6 Å². The van der Waals surface area contributed by atoms with Crippen LogP contribution in [0.25, 0.3) is 0 Å². The van der Waals surface area contributed by atoms with Crippen LogP contribution >= 0.6 is 0 Å². The first-order chi connectivity index (χ1) is 12.4. The van der Waals surface area contributed by atoms with Gasteiger partial charge < -0.3 is 15.0 Å². The summed E-state index contributed by atoms with van der Waals surface area (Å²) in [7, 11) is 0. The number of ether oxygens (including phenoxy) is 1. The summed E-state index contributed by atoms with van der Waals surface area (Å²) in [5.41, 5.74) is 3.46. The van der Waals surface area contributed by atoms with E-state index in [1.54, 1.807) is 0 Å². The Balaban J connectivity index is 1.67. The van der Waals surface area contributed by atoms with Crippen LogP contribution in [0.3, 0.4) is 0 Å². The first-order valence-electron chi connectivity index (χ1n) is 9.24. The summed E-state index contributed by atoms with van der Waals surface area (Å²) in [5, 5.41) is 2.94. The van der Waals surface area contributed by atoms with Gasteiger partial charge >= 0.3 is 6.09 Å². The molecule has 0 saturated carbocycles. The zero-order chi connectivity index (χ0) is 18.6. The molecule has 1 amide bonds. The number of hydrogen-bond acceptors (Lipinski definition) is 3. The number of alkyl carbamates (subject to hydrolysis) is 1. The summed E-state index contributed by atoms with van der Waals surface area (Å²) >= 11 is 0. The Morgan fingerprint density at radius 2 is 1.81 bits per heavy atom. The lowest BCUT2D eigenvalue weighted by Gasteiger charge is -2.36. The lowest BCUT2D eigenvalue weighted by atomic mass is 9.92. The highest BCUT2D eigenvalue weighted by molar-refractivity contribution is 5.67. The molecule has 0 aromatic heterocycles. The smallest absolute Gasteiger partial charge is 0.407 e. The van der Waals surface area contributed by atoms with Crippen molar-refractivity contribution in [2.24, 2.45) is 5.92 Å². The SMILES string of the molecule is CC(C)(C)OC(=O)NC[C@H]1Cc2ccccc2N(Cc2ccccc2)C1. The Morgan fingerprint density at radius 1 is 1.12 bits per heavy atom. The van der Waals surface area contributed by atoms with Crippen LogP contribution in [-0.2, 0) is 17.7 Å². The second kappa shape index (κ2) is 7.81. The van der Waals surface area contributed by atoms with Crippen LogP contribution in [0.5, 0.6) is 0 Å². The predicted octanol–water partition coefficient (Wildman–Crippen LogP) is 4.39. The molecule has 0 radical (unpaired) electrons. The average molecular weight is 352 g/mol. The van der Waals surface area contributed by atoms with Gasteiger partial charge in [0.2, 0.25) is 0 Å². The molecule has 0 fully saturated rings. The molecule has 1 aliphatic heterocycles. The molecule has 2 aromatic carbocycles. The van der Waals surface area contributed by atoms with Crippen molar-refractivity contribution < 1.29 is 9.53 Å². The fourth-order valence-corrected chi connectivity index (χ4v) is 3.41. The number of hydrogen-bond donors (Lipinski definition) is 1. The minimum absolute atomic E-state index is 0.342. The zero-order valence-electron chi connectivity index (χ0n) is 15.9. The quantitative estimate of drug-likeness (QED) is 0.887. The molecular weight excluding hydrogens is 324 g/mol. The summed E-state index contributed by atoms with van der Waals surface area (Å²) < 4.78 is 5.36. The first-order valence-corrected chi connectivity index (χ1v) is 9.24. The fourth-order valence-electron chi connectivity index (χ4n) is 3.41. The Labute approximate surface area is 156 Å². The van der Waals surface area contributed by atoms with E-state index in [1.807, 2.05) is 26.8 Å². The molecule has 1 aliphatic rings. The van der Waals surface area contributed by atoms with Gasteiger partial charge in [0.15, 0.2) is 0 Å². The van der Waals surface area contributed by atoms with Crippen molar-refractivity contribution in [3.05, 3.63) is 65.7 Å². The third kappa shape index (κ3) is 5.01. The molecule has 1 N–H and O–H groups in total.